The Morgan fingerprint density at radius 2 is 2.15 bits per heavy atom. The summed E-state index contributed by atoms with van der Waals surface area (Å²) in [4.78, 5) is 28.3. The van der Waals surface area contributed by atoms with Gasteiger partial charge in [0.2, 0.25) is 5.91 Å². The van der Waals surface area contributed by atoms with Crippen molar-refractivity contribution in [3.63, 3.8) is 0 Å². The number of hydrogen-bond donors (Lipinski definition) is 0. The third-order valence-electron chi connectivity index (χ3n) is 5.40. The largest absolute Gasteiger partial charge is 0.484 e. The van der Waals surface area contributed by atoms with E-state index in [1.54, 1.807) is 0 Å². The van der Waals surface area contributed by atoms with Crippen LogP contribution in [0.1, 0.15) is 32.6 Å². The normalized spacial score (nSPS) is 23.4. The van der Waals surface area contributed by atoms with Gasteiger partial charge in [0.25, 0.3) is 5.91 Å². The number of halogens is 2. The molecule has 1 atom stereocenters. The first-order valence-electron chi connectivity index (χ1n) is 9.06. The van der Waals surface area contributed by atoms with Gasteiger partial charge in [-0.3, -0.25) is 9.59 Å². The molecule has 2 saturated heterocycles. The lowest BCUT2D eigenvalue weighted by Gasteiger charge is -2.48. The van der Waals surface area contributed by atoms with Crippen LogP contribution in [0.3, 0.4) is 0 Å². The van der Waals surface area contributed by atoms with E-state index in [-0.39, 0.29) is 28.9 Å². The second-order valence-electron chi connectivity index (χ2n) is 7.19. The summed E-state index contributed by atoms with van der Waals surface area (Å²) in [5.74, 6) is -0.0323. The molecule has 1 aromatic carbocycles. The van der Waals surface area contributed by atoms with Gasteiger partial charge in [-0.2, -0.15) is 0 Å². The summed E-state index contributed by atoms with van der Waals surface area (Å²) in [7, 11) is 0. The summed E-state index contributed by atoms with van der Waals surface area (Å²) in [5.41, 5.74) is -0.00296. The minimum Gasteiger partial charge on any atom is -0.484 e. The van der Waals surface area contributed by atoms with Gasteiger partial charge < -0.3 is 14.5 Å². The van der Waals surface area contributed by atoms with Crippen LogP contribution in [0.15, 0.2) is 18.2 Å². The van der Waals surface area contributed by atoms with Crippen molar-refractivity contribution in [2.45, 2.75) is 32.6 Å². The molecule has 7 heteroatoms. The van der Waals surface area contributed by atoms with E-state index in [9.17, 15) is 14.0 Å². The highest BCUT2D eigenvalue weighted by atomic mass is 35.5. The molecular weight excluding hydrogens is 359 g/mol. The summed E-state index contributed by atoms with van der Waals surface area (Å²) in [6.07, 6.45) is 3.36. The molecule has 0 aliphatic carbocycles. The summed E-state index contributed by atoms with van der Waals surface area (Å²) >= 11 is 5.73. The molecule has 2 aliphatic rings. The Kier molecular flexibility index (Phi) is 5.70. The van der Waals surface area contributed by atoms with E-state index in [0.717, 1.165) is 25.8 Å². The zero-order valence-electron chi connectivity index (χ0n) is 15.0. The minimum absolute atomic E-state index is 0.00296. The number of amides is 2. The van der Waals surface area contributed by atoms with Crippen LogP contribution in [0.4, 0.5) is 4.39 Å². The van der Waals surface area contributed by atoms with E-state index in [0.29, 0.717) is 31.8 Å². The number of piperidine rings is 2. The molecule has 2 aliphatic heterocycles. The average Bonchev–Trinajstić information content (AvgIpc) is 2.65. The molecule has 5 nitrogen and oxygen atoms in total. The molecule has 2 fully saturated rings. The number of benzene rings is 1. The third kappa shape index (κ3) is 4.11. The lowest BCUT2D eigenvalue weighted by Crippen LogP contribution is -2.55. The Morgan fingerprint density at radius 1 is 1.35 bits per heavy atom. The maximum Gasteiger partial charge on any atom is 0.260 e. The molecule has 2 heterocycles. The molecule has 2 amide bonds. The second kappa shape index (κ2) is 7.82. The number of rotatable bonds is 4. The van der Waals surface area contributed by atoms with Crippen LogP contribution in [0.2, 0.25) is 5.02 Å². The van der Waals surface area contributed by atoms with E-state index in [1.807, 2.05) is 16.7 Å². The highest BCUT2D eigenvalue weighted by Gasteiger charge is 2.42. The Bertz CT molecular complexity index is 699. The average molecular weight is 383 g/mol. The Hall–Kier alpha value is -1.82. The van der Waals surface area contributed by atoms with E-state index in [1.165, 1.54) is 18.2 Å². The van der Waals surface area contributed by atoms with Crippen LogP contribution >= 0.6 is 11.6 Å². The molecular formula is C19H24ClFN2O3. The topological polar surface area (TPSA) is 49.9 Å². The zero-order chi connectivity index (χ0) is 18.7. The SMILES string of the molecule is CCN1CC2(CCCN(C(=O)COc3ccc(F)c(Cl)c3)C2)CCC1=O. The molecule has 0 aromatic heterocycles. The number of carbonyl (C=O) groups excluding carboxylic acids is 2. The fourth-order valence-corrected chi connectivity index (χ4v) is 4.12. The first-order valence-corrected chi connectivity index (χ1v) is 9.44. The molecule has 0 bridgehead atoms. The van der Waals surface area contributed by atoms with Crippen LogP contribution < -0.4 is 4.74 Å². The van der Waals surface area contributed by atoms with Crippen molar-refractivity contribution in [2.24, 2.45) is 5.41 Å². The van der Waals surface area contributed by atoms with Crippen molar-refractivity contribution < 1.29 is 18.7 Å². The maximum absolute atomic E-state index is 13.2. The first kappa shape index (κ1) is 19.0. The number of carbonyl (C=O) groups is 2. The van der Waals surface area contributed by atoms with E-state index >= 15 is 0 Å². The van der Waals surface area contributed by atoms with Crippen LogP contribution in [0.25, 0.3) is 0 Å². The monoisotopic (exact) mass is 382 g/mol. The van der Waals surface area contributed by atoms with Crippen LogP contribution in [0.5, 0.6) is 5.75 Å². The van der Waals surface area contributed by atoms with Gasteiger partial charge in [0.05, 0.1) is 5.02 Å². The molecule has 1 aromatic rings. The number of ether oxygens (including phenoxy) is 1. The first-order chi connectivity index (χ1) is 12.4. The van der Waals surface area contributed by atoms with Crippen molar-refractivity contribution >= 4 is 23.4 Å². The standard InChI is InChI=1S/C19H24ClFN2O3/c1-2-22-12-19(8-6-17(22)24)7-3-9-23(13-19)18(25)11-26-14-4-5-16(21)15(20)10-14/h4-5,10H,2-3,6-9,11-13H2,1H3. The quantitative estimate of drug-likeness (QED) is 0.804. The van der Waals surface area contributed by atoms with Gasteiger partial charge in [-0.25, -0.2) is 4.39 Å². The van der Waals surface area contributed by atoms with Gasteiger partial charge in [0.1, 0.15) is 11.6 Å². The fourth-order valence-electron chi connectivity index (χ4n) is 3.95. The Balaban J connectivity index is 1.59. The lowest BCUT2D eigenvalue weighted by molar-refractivity contribution is -0.143. The molecule has 3 rings (SSSR count). The predicted molar refractivity (Wildman–Crippen MR) is 96.6 cm³/mol. The second-order valence-corrected chi connectivity index (χ2v) is 7.60. The van der Waals surface area contributed by atoms with E-state index in [2.05, 4.69) is 0 Å². The van der Waals surface area contributed by atoms with Crippen molar-refractivity contribution in [3.8, 4) is 5.75 Å². The van der Waals surface area contributed by atoms with Crippen molar-refractivity contribution in [1.29, 1.82) is 0 Å². The van der Waals surface area contributed by atoms with Gasteiger partial charge in [-0.15, -0.1) is 0 Å². The third-order valence-corrected chi connectivity index (χ3v) is 5.69. The van der Waals surface area contributed by atoms with Crippen molar-refractivity contribution in [3.05, 3.63) is 29.0 Å². The van der Waals surface area contributed by atoms with Crippen LogP contribution in [0, 0.1) is 11.2 Å². The summed E-state index contributed by atoms with van der Waals surface area (Å²) < 4.78 is 18.7. The predicted octanol–water partition coefficient (Wildman–Crippen LogP) is 3.11. The number of nitrogens with zero attached hydrogens (tertiary/aromatic N) is 2. The molecule has 0 saturated carbocycles. The van der Waals surface area contributed by atoms with Gasteiger partial charge in [0.15, 0.2) is 6.61 Å². The number of hydrogen-bond acceptors (Lipinski definition) is 3. The van der Waals surface area contributed by atoms with Gasteiger partial charge in [-0.05, 0) is 38.3 Å². The molecule has 142 valence electrons. The Labute approximate surface area is 158 Å². The van der Waals surface area contributed by atoms with E-state index in [4.69, 9.17) is 16.3 Å². The summed E-state index contributed by atoms with van der Waals surface area (Å²) in [6.45, 7) is 4.68. The Morgan fingerprint density at radius 3 is 2.88 bits per heavy atom. The van der Waals surface area contributed by atoms with Gasteiger partial charge in [0, 0.05) is 44.1 Å². The van der Waals surface area contributed by atoms with Gasteiger partial charge >= 0.3 is 0 Å². The van der Waals surface area contributed by atoms with Crippen LogP contribution in [-0.2, 0) is 9.59 Å². The fraction of sp³-hybridized carbons (Fsp3) is 0.579. The van der Waals surface area contributed by atoms with Crippen molar-refractivity contribution in [2.75, 3.05) is 32.8 Å². The van der Waals surface area contributed by atoms with Crippen LogP contribution in [-0.4, -0.2) is 54.4 Å². The van der Waals surface area contributed by atoms with Gasteiger partial charge in [-0.1, -0.05) is 11.6 Å². The molecule has 0 N–H and O–H groups in total. The molecule has 26 heavy (non-hydrogen) atoms. The summed E-state index contributed by atoms with van der Waals surface area (Å²) in [6, 6.07) is 4.04. The molecule has 1 unspecified atom stereocenters. The maximum atomic E-state index is 13.2. The highest BCUT2D eigenvalue weighted by molar-refractivity contribution is 6.30. The zero-order valence-corrected chi connectivity index (χ0v) is 15.7. The highest BCUT2D eigenvalue weighted by Crippen LogP contribution is 2.38. The summed E-state index contributed by atoms with van der Waals surface area (Å²) in [5, 5.41) is -0.0293. The minimum atomic E-state index is -0.518. The smallest absolute Gasteiger partial charge is 0.260 e. The molecule has 0 radical (unpaired) electrons. The lowest BCUT2D eigenvalue weighted by atomic mass is 9.73. The number of likely N-dealkylation sites (tertiary alicyclic amines) is 2. The molecule has 1 spiro atoms. The van der Waals surface area contributed by atoms with E-state index < -0.39 is 5.82 Å². The van der Waals surface area contributed by atoms with Crippen molar-refractivity contribution in [1.82, 2.24) is 9.80 Å².